The molecule has 6 aromatic rings. The number of unbranched alkanes of at least 4 members (excludes halogenated alkanes) is 3. The maximum atomic E-state index is 15.2. The zero-order chi connectivity index (χ0) is 45.0. The molecule has 1 aliphatic rings. The fourth-order valence-corrected chi connectivity index (χ4v) is 7.72. The van der Waals surface area contributed by atoms with Crippen molar-refractivity contribution >= 4 is 46.0 Å². The van der Waals surface area contributed by atoms with Gasteiger partial charge in [0, 0.05) is 60.0 Å². The molecule has 0 bridgehead atoms. The van der Waals surface area contributed by atoms with Crippen molar-refractivity contribution in [2.75, 3.05) is 30.4 Å². The van der Waals surface area contributed by atoms with Gasteiger partial charge in [0.15, 0.2) is 5.78 Å². The average molecular weight is 857 g/mol. The van der Waals surface area contributed by atoms with Gasteiger partial charge in [0.2, 0.25) is 5.91 Å². The predicted molar refractivity (Wildman–Crippen MR) is 237 cm³/mol. The smallest absolute Gasteiger partial charge is 0.328 e. The lowest BCUT2D eigenvalue weighted by Gasteiger charge is -2.27. The van der Waals surface area contributed by atoms with E-state index >= 15 is 4.39 Å². The van der Waals surface area contributed by atoms with Crippen molar-refractivity contribution in [2.45, 2.75) is 78.4 Å². The minimum absolute atomic E-state index is 0.0238. The zero-order valence-corrected chi connectivity index (χ0v) is 35.9. The lowest BCUT2D eigenvalue weighted by Crippen LogP contribution is -2.49. The largest absolute Gasteiger partial charge is 0.386 e. The van der Waals surface area contributed by atoms with Gasteiger partial charge in [-0.3, -0.25) is 29.6 Å². The number of halogens is 2. The van der Waals surface area contributed by atoms with Crippen molar-refractivity contribution in [3.8, 4) is 22.5 Å². The van der Waals surface area contributed by atoms with Crippen molar-refractivity contribution in [2.24, 2.45) is 0 Å². The second-order valence-corrected chi connectivity index (χ2v) is 16.6. The summed E-state index contributed by atoms with van der Waals surface area (Å²) in [4.78, 5) is 70.4. The molecule has 7 rings (SSSR count). The number of imide groups is 1. The highest BCUT2D eigenvalue weighted by molar-refractivity contribution is 6.07. The van der Waals surface area contributed by atoms with Gasteiger partial charge in [-0.15, -0.1) is 0 Å². The number of nitrogens with one attached hydrogen (secondary N) is 3. The first-order valence-electron chi connectivity index (χ1n) is 20.9. The molecule has 0 spiro atoms. The summed E-state index contributed by atoms with van der Waals surface area (Å²) in [6.45, 7) is 8.43. The predicted octanol–water partition coefficient (Wildman–Crippen LogP) is 8.77. The number of aryl methyl sites for hydroxylation is 1. The number of anilines is 2. The second-order valence-electron chi connectivity index (χ2n) is 16.6. The molecule has 0 unspecified atom stereocenters. The molecule has 4 amide bonds. The fourth-order valence-electron chi connectivity index (χ4n) is 7.72. The van der Waals surface area contributed by atoms with Crippen LogP contribution in [0.1, 0.15) is 95.5 Å². The Bertz CT molecular complexity index is 2710. The molecular weight excluding hydrogens is 807 g/mol. The van der Waals surface area contributed by atoms with Crippen molar-refractivity contribution in [1.82, 2.24) is 30.2 Å². The van der Waals surface area contributed by atoms with Crippen LogP contribution in [0.5, 0.6) is 0 Å². The Morgan fingerprint density at radius 3 is 2.43 bits per heavy atom. The summed E-state index contributed by atoms with van der Waals surface area (Å²) in [5.41, 5.74) is 5.39. The quantitative estimate of drug-likeness (QED) is 0.0548. The minimum Gasteiger partial charge on any atom is -0.386 e. The van der Waals surface area contributed by atoms with E-state index in [1.54, 1.807) is 26.1 Å². The van der Waals surface area contributed by atoms with Crippen LogP contribution in [-0.4, -0.2) is 73.7 Å². The van der Waals surface area contributed by atoms with Crippen LogP contribution in [0.4, 0.5) is 25.0 Å². The van der Waals surface area contributed by atoms with Gasteiger partial charge >= 0.3 is 6.03 Å². The summed E-state index contributed by atoms with van der Waals surface area (Å²) in [7, 11) is 2.08. The van der Waals surface area contributed by atoms with E-state index in [1.807, 2.05) is 18.2 Å². The molecule has 3 aromatic carbocycles. The third-order valence-electron chi connectivity index (χ3n) is 11.4. The van der Waals surface area contributed by atoms with Gasteiger partial charge in [-0.2, -0.15) is 0 Å². The Morgan fingerprint density at radius 1 is 0.937 bits per heavy atom. The Morgan fingerprint density at radius 2 is 1.70 bits per heavy atom. The SMILES string of the molecule is Cc1ncc(C(=O)CCCCCCN(C)Cc2ccc(-c3cc4c(-c5cc(F)cc(NC(=O)c6ccc(C(C)(C)O)cc6F)c5C)ncnc4[nH]3)cc2)cc1N1CCC(=O)NC1=O. The Kier molecular flexibility index (Phi) is 13.2. The first-order chi connectivity index (χ1) is 30.0. The summed E-state index contributed by atoms with van der Waals surface area (Å²) in [5, 5.41) is 15.9. The minimum atomic E-state index is -1.29. The maximum absolute atomic E-state index is 15.2. The molecule has 63 heavy (non-hydrogen) atoms. The average Bonchev–Trinajstić information content (AvgIpc) is 3.68. The number of nitrogens with zero attached hydrogens (tertiary/aromatic N) is 5. The Hall–Kier alpha value is -6.71. The Balaban J connectivity index is 0.920. The number of urea groups is 1. The van der Waals surface area contributed by atoms with Crippen LogP contribution < -0.4 is 15.5 Å². The molecule has 13 nitrogen and oxygen atoms in total. The number of aromatic amines is 1. The van der Waals surface area contributed by atoms with Gasteiger partial charge in [0.1, 0.15) is 23.6 Å². The number of hydrogen-bond acceptors (Lipinski definition) is 9. The highest BCUT2D eigenvalue weighted by Crippen LogP contribution is 2.35. The van der Waals surface area contributed by atoms with E-state index < -0.39 is 29.2 Å². The van der Waals surface area contributed by atoms with Crippen LogP contribution in [0.3, 0.4) is 0 Å². The van der Waals surface area contributed by atoms with E-state index in [4.69, 9.17) is 0 Å². The summed E-state index contributed by atoms with van der Waals surface area (Å²) in [6.07, 6.45) is 7.14. The first-order valence-corrected chi connectivity index (χ1v) is 20.9. The molecular formula is C48H50F2N8O5. The molecule has 15 heteroatoms. The number of amides is 4. The number of pyridine rings is 1. The number of ketones is 1. The number of carbonyl (C=O) groups is 4. The van der Waals surface area contributed by atoms with Gasteiger partial charge in [-0.1, -0.05) is 43.2 Å². The van der Waals surface area contributed by atoms with Gasteiger partial charge in [0.05, 0.1) is 28.2 Å². The van der Waals surface area contributed by atoms with E-state index in [-0.39, 0.29) is 35.9 Å². The molecule has 0 saturated carbocycles. The molecule has 4 heterocycles. The highest BCUT2D eigenvalue weighted by Gasteiger charge is 2.27. The number of carbonyl (C=O) groups excluding carboxylic acids is 4. The third-order valence-corrected chi connectivity index (χ3v) is 11.4. The van der Waals surface area contributed by atoms with E-state index in [0.29, 0.717) is 56.8 Å². The summed E-state index contributed by atoms with van der Waals surface area (Å²) < 4.78 is 30.1. The lowest BCUT2D eigenvalue weighted by atomic mass is 9.96. The normalized spacial score (nSPS) is 13.2. The monoisotopic (exact) mass is 856 g/mol. The molecule has 3 aromatic heterocycles. The first kappa shape index (κ1) is 44.3. The summed E-state index contributed by atoms with van der Waals surface area (Å²) >= 11 is 0. The summed E-state index contributed by atoms with van der Waals surface area (Å²) in [5.74, 6) is -2.52. The summed E-state index contributed by atoms with van der Waals surface area (Å²) in [6, 6.07) is 17.7. The number of fused-ring (bicyclic) bond motifs is 1. The molecule has 0 atom stereocenters. The molecule has 1 fully saturated rings. The van der Waals surface area contributed by atoms with E-state index in [2.05, 4.69) is 54.6 Å². The number of benzene rings is 3. The zero-order valence-electron chi connectivity index (χ0n) is 35.9. The molecule has 1 saturated heterocycles. The lowest BCUT2D eigenvalue weighted by molar-refractivity contribution is -0.120. The van der Waals surface area contributed by atoms with E-state index in [9.17, 15) is 28.7 Å². The number of H-pyrrole nitrogens is 1. The number of hydrogen-bond donors (Lipinski definition) is 4. The third kappa shape index (κ3) is 10.3. The van der Waals surface area contributed by atoms with E-state index in [1.165, 1.54) is 49.3 Å². The van der Waals surface area contributed by atoms with Crippen LogP contribution in [0.25, 0.3) is 33.5 Å². The fraction of sp³-hybridized carbons (Fsp3) is 0.312. The van der Waals surface area contributed by atoms with Crippen LogP contribution in [0.15, 0.2) is 79.3 Å². The second kappa shape index (κ2) is 18.7. The van der Waals surface area contributed by atoms with Crippen molar-refractivity contribution < 1.29 is 33.1 Å². The maximum Gasteiger partial charge on any atom is 0.328 e. The van der Waals surface area contributed by atoms with Crippen molar-refractivity contribution in [3.05, 3.63) is 124 Å². The van der Waals surface area contributed by atoms with Crippen LogP contribution in [0, 0.1) is 25.5 Å². The van der Waals surface area contributed by atoms with E-state index in [0.717, 1.165) is 61.7 Å². The van der Waals surface area contributed by atoms with Gasteiger partial charge in [-0.05, 0) is 113 Å². The van der Waals surface area contributed by atoms with Gasteiger partial charge < -0.3 is 20.3 Å². The number of aromatic nitrogens is 4. The van der Waals surface area contributed by atoms with Crippen LogP contribution in [-0.2, 0) is 16.9 Å². The van der Waals surface area contributed by atoms with Crippen molar-refractivity contribution in [3.63, 3.8) is 0 Å². The molecule has 1 aliphatic heterocycles. The topological polar surface area (TPSA) is 174 Å². The van der Waals surface area contributed by atoms with Gasteiger partial charge in [-0.25, -0.2) is 23.5 Å². The van der Waals surface area contributed by atoms with Crippen molar-refractivity contribution in [1.29, 1.82) is 0 Å². The molecule has 0 aliphatic carbocycles. The molecule has 4 N–H and O–H groups in total. The van der Waals surface area contributed by atoms with Gasteiger partial charge in [0.25, 0.3) is 5.91 Å². The van der Waals surface area contributed by atoms with Crippen LogP contribution in [0.2, 0.25) is 0 Å². The number of Topliss-reactive ketones (excluding diaryl/α,β-unsaturated/α-hetero) is 1. The highest BCUT2D eigenvalue weighted by atomic mass is 19.1. The van der Waals surface area contributed by atoms with Crippen LogP contribution >= 0.6 is 0 Å². The molecule has 0 radical (unpaired) electrons. The standard InChI is InChI=1S/C48H50F2N8O5/c1-28-36(22-34(49)23-39(28)55-46(61)35-16-15-33(21-38(35)50)48(3,4)63)44-37-24-40(54-45(37)53-27-52-44)31-13-11-30(12-14-31)26-57(5)18-9-7-6-8-10-42(59)32-20-41(29(2)51-25-32)58-19-17-43(60)56-47(58)62/h11-16,20-25,27,63H,6-10,17-19,26H2,1-5H3,(H,55,61)(H,52,53,54)(H,56,60,62). The molecule has 326 valence electrons. The Labute approximate surface area is 364 Å². The number of aliphatic hydroxyl groups is 1. The number of rotatable bonds is 16.